The summed E-state index contributed by atoms with van der Waals surface area (Å²) >= 11 is 0. The lowest BCUT2D eigenvalue weighted by Crippen LogP contribution is -2.08. The van der Waals surface area contributed by atoms with E-state index < -0.39 is 5.97 Å². The fourth-order valence-corrected chi connectivity index (χ4v) is 1.33. The summed E-state index contributed by atoms with van der Waals surface area (Å²) < 4.78 is 4.99. The lowest BCUT2D eigenvalue weighted by Gasteiger charge is -2.04. The van der Waals surface area contributed by atoms with Crippen molar-refractivity contribution in [3.63, 3.8) is 0 Å². The molecule has 0 saturated carbocycles. The Bertz CT molecular complexity index is 398. The molecule has 0 fully saturated rings. The largest absolute Gasteiger partial charge is 0.478 e. The van der Waals surface area contributed by atoms with Gasteiger partial charge in [-0.1, -0.05) is 25.8 Å². The number of benzene rings is 1. The molecule has 0 aliphatic carbocycles. The predicted molar refractivity (Wildman–Crippen MR) is 62.0 cm³/mol. The Morgan fingerprint density at radius 3 is 2.76 bits per heavy atom. The van der Waals surface area contributed by atoms with Crippen molar-refractivity contribution in [3.8, 4) is 5.75 Å². The van der Waals surface area contributed by atoms with E-state index in [1.165, 1.54) is 18.2 Å². The maximum atomic E-state index is 11.4. The molecule has 0 amide bonds. The van der Waals surface area contributed by atoms with E-state index in [1.54, 1.807) is 0 Å². The van der Waals surface area contributed by atoms with Gasteiger partial charge < -0.3 is 9.84 Å². The van der Waals surface area contributed by atoms with Crippen molar-refractivity contribution in [1.29, 1.82) is 0 Å². The van der Waals surface area contributed by atoms with E-state index in [-0.39, 0.29) is 17.3 Å². The summed E-state index contributed by atoms with van der Waals surface area (Å²) in [6, 6.07) is 6.96. The smallest absolute Gasteiger partial charge is 0.336 e. The molecular weight excluding hydrogens is 220 g/mol. The van der Waals surface area contributed by atoms with E-state index in [0.29, 0.717) is 6.42 Å². The summed E-state index contributed by atoms with van der Waals surface area (Å²) in [6.45, 7) is 2.05. The van der Waals surface area contributed by atoms with Crippen LogP contribution in [0.1, 0.15) is 43.0 Å². The van der Waals surface area contributed by atoms with Crippen LogP contribution in [0.4, 0.5) is 0 Å². The molecule has 0 atom stereocenters. The van der Waals surface area contributed by atoms with E-state index in [2.05, 4.69) is 13.0 Å². The normalized spacial score (nSPS) is 9.94. The first-order valence-corrected chi connectivity index (χ1v) is 5.59. The minimum Gasteiger partial charge on any atom is -0.478 e. The molecule has 1 aromatic carbocycles. The zero-order chi connectivity index (χ0) is 12.7. The Kier molecular flexibility index (Phi) is 5.20. The number of rotatable bonds is 6. The van der Waals surface area contributed by atoms with Gasteiger partial charge in [-0.25, -0.2) is 4.79 Å². The number of esters is 1. The minimum absolute atomic E-state index is 0.0103. The molecule has 4 nitrogen and oxygen atoms in total. The molecule has 1 rings (SSSR count). The molecule has 91 valence electrons. The van der Waals surface area contributed by atoms with Gasteiger partial charge in [-0.3, -0.25) is 4.79 Å². The first kappa shape index (κ1) is 13.2. The number of unbranched alkanes of at least 4 members (excludes halogenated alkanes) is 2. The van der Waals surface area contributed by atoms with Crippen LogP contribution in [0, 0.1) is 6.07 Å². The molecular formula is C13H15O4. The van der Waals surface area contributed by atoms with Crippen molar-refractivity contribution in [1.82, 2.24) is 0 Å². The Morgan fingerprint density at radius 1 is 1.35 bits per heavy atom. The van der Waals surface area contributed by atoms with Gasteiger partial charge in [0.25, 0.3) is 0 Å². The maximum Gasteiger partial charge on any atom is 0.336 e. The van der Waals surface area contributed by atoms with Gasteiger partial charge >= 0.3 is 11.9 Å². The van der Waals surface area contributed by atoms with Crippen LogP contribution in [0.25, 0.3) is 0 Å². The zero-order valence-electron chi connectivity index (χ0n) is 9.73. The molecule has 4 heteroatoms. The topological polar surface area (TPSA) is 63.6 Å². The highest BCUT2D eigenvalue weighted by Crippen LogP contribution is 2.13. The summed E-state index contributed by atoms with van der Waals surface area (Å²) in [4.78, 5) is 22.1. The van der Waals surface area contributed by atoms with E-state index in [0.717, 1.165) is 19.3 Å². The van der Waals surface area contributed by atoms with Crippen LogP contribution in [-0.2, 0) is 4.79 Å². The monoisotopic (exact) mass is 235 g/mol. The molecule has 1 N–H and O–H groups in total. The number of carboxylic acid groups (broad SMARTS) is 1. The van der Waals surface area contributed by atoms with Crippen molar-refractivity contribution >= 4 is 11.9 Å². The van der Waals surface area contributed by atoms with Gasteiger partial charge in [-0.2, -0.15) is 0 Å². The van der Waals surface area contributed by atoms with Gasteiger partial charge in [0, 0.05) is 12.5 Å². The summed E-state index contributed by atoms with van der Waals surface area (Å²) in [7, 11) is 0. The molecule has 0 aliphatic heterocycles. The average molecular weight is 235 g/mol. The molecule has 0 aliphatic rings. The number of hydrogen-bond donors (Lipinski definition) is 1. The van der Waals surface area contributed by atoms with E-state index >= 15 is 0 Å². The third-order valence-corrected chi connectivity index (χ3v) is 2.21. The highest BCUT2D eigenvalue weighted by molar-refractivity contribution is 5.87. The predicted octanol–water partition coefficient (Wildman–Crippen LogP) is 2.67. The molecule has 0 aromatic heterocycles. The number of ether oxygens (including phenoxy) is 1. The fourth-order valence-electron chi connectivity index (χ4n) is 1.33. The van der Waals surface area contributed by atoms with Gasteiger partial charge in [-0.15, -0.1) is 0 Å². The van der Waals surface area contributed by atoms with Crippen LogP contribution in [0.5, 0.6) is 5.75 Å². The number of carbonyl (C=O) groups excluding carboxylic acids is 1. The molecule has 0 saturated heterocycles. The molecule has 17 heavy (non-hydrogen) atoms. The summed E-state index contributed by atoms with van der Waals surface area (Å²) in [5, 5.41) is 8.74. The molecule has 1 aromatic rings. The van der Waals surface area contributed by atoms with Crippen molar-refractivity contribution in [2.75, 3.05) is 0 Å². The molecule has 1 radical (unpaired) electrons. The fraction of sp³-hybridized carbons (Fsp3) is 0.385. The molecule has 0 heterocycles. The van der Waals surface area contributed by atoms with Gasteiger partial charge in [0.2, 0.25) is 0 Å². The van der Waals surface area contributed by atoms with Crippen LogP contribution in [0.2, 0.25) is 0 Å². The highest BCUT2D eigenvalue weighted by atomic mass is 16.5. The Hall–Kier alpha value is -1.84. The third-order valence-electron chi connectivity index (χ3n) is 2.21. The molecule has 0 unspecified atom stereocenters. The second kappa shape index (κ2) is 6.68. The summed E-state index contributed by atoms with van der Waals surface area (Å²) in [5.74, 6) is -1.28. The van der Waals surface area contributed by atoms with Crippen molar-refractivity contribution in [2.24, 2.45) is 0 Å². The molecule has 0 spiro atoms. The van der Waals surface area contributed by atoms with Crippen molar-refractivity contribution in [2.45, 2.75) is 32.6 Å². The second-order valence-electron chi connectivity index (χ2n) is 3.67. The second-order valence-corrected chi connectivity index (χ2v) is 3.67. The number of hydrogen-bond acceptors (Lipinski definition) is 3. The van der Waals surface area contributed by atoms with Crippen LogP contribution < -0.4 is 4.74 Å². The SMILES string of the molecule is CCCCCC(=O)Oc1[c]c(C(=O)O)ccc1. The first-order valence-electron chi connectivity index (χ1n) is 5.59. The lowest BCUT2D eigenvalue weighted by atomic mass is 10.2. The number of carboxylic acids is 1. The van der Waals surface area contributed by atoms with E-state index in [9.17, 15) is 9.59 Å². The Morgan fingerprint density at radius 2 is 2.12 bits per heavy atom. The van der Waals surface area contributed by atoms with Gasteiger partial charge in [0.05, 0.1) is 5.56 Å². The third kappa shape index (κ3) is 4.68. The quantitative estimate of drug-likeness (QED) is 0.467. The van der Waals surface area contributed by atoms with E-state index in [4.69, 9.17) is 9.84 Å². The summed E-state index contributed by atoms with van der Waals surface area (Å²) in [5.41, 5.74) is -0.0103. The van der Waals surface area contributed by atoms with Crippen LogP contribution in [-0.4, -0.2) is 17.0 Å². The number of carbonyl (C=O) groups is 2. The highest BCUT2D eigenvalue weighted by Gasteiger charge is 2.08. The van der Waals surface area contributed by atoms with Gasteiger partial charge in [-0.05, 0) is 18.6 Å². The van der Waals surface area contributed by atoms with Gasteiger partial charge in [0.15, 0.2) is 0 Å². The number of aromatic carboxylic acids is 1. The van der Waals surface area contributed by atoms with Crippen LogP contribution >= 0.6 is 0 Å². The van der Waals surface area contributed by atoms with Crippen molar-refractivity contribution in [3.05, 3.63) is 29.8 Å². The molecule has 0 bridgehead atoms. The van der Waals surface area contributed by atoms with Crippen LogP contribution in [0.3, 0.4) is 0 Å². The van der Waals surface area contributed by atoms with Crippen molar-refractivity contribution < 1.29 is 19.4 Å². The Balaban J connectivity index is 2.53. The average Bonchev–Trinajstić information content (AvgIpc) is 2.29. The maximum absolute atomic E-state index is 11.4. The van der Waals surface area contributed by atoms with E-state index in [1.807, 2.05) is 0 Å². The Labute approximate surface area is 100 Å². The standard InChI is InChI=1S/C13H15O4/c1-2-3-4-8-12(14)17-11-7-5-6-10(9-11)13(15)16/h5-7H,2-4,8H2,1H3,(H,15,16). The summed E-state index contributed by atoms with van der Waals surface area (Å²) in [6.07, 6.45) is 3.15. The van der Waals surface area contributed by atoms with Gasteiger partial charge in [0.1, 0.15) is 5.75 Å². The zero-order valence-corrected chi connectivity index (χ0v) is 9.73. The first-order chi connectivity index (χ1) is 8.13. The minimum atomic E-state index is -1.09. The van der Waals surface area contributed by atoms with Crippen LogP contribution in [0.15, 0.2) is 18.2 Å². The lowest BCUT2D eigenvalue weighted by molar-refractivity contribution is -0.134.